The molecule has 182 valence electrons. The van der Waals surface area contributed by atoms with Gasteiger partial charge in [0.15, 0.2) is 0 Å². The predicted octanol–water partition coefficient (Wildman–Crippen LogP) is 3.09. The molecule has 0 spiro atoms. The van der Waals surface area contributed by atoms with Gasteiger partial charge >= 0.3 is 0 Å². The van der Waals surface area contributed by atoms with Crippen LogP contribution in [0.1, 0.15) is 24.0 Å². The van der Waals surface area contributed by atoms with Crippen LogP contribution in [0.25, 0.3) is 6.08 Å². The summed E-state index contributed by atoms with van der Waals surface area (Å²) in [6.45, 7) is 5.97. The minimum absolute atomic E-state index is 0.0382. The molecular formula is C26H34N4O3S. The van der Waals surface area contributed by atoms with Gasteiger partial charge in [0.2, 0.25) is 15.9 Å². The summed E-state index contributed by atoms with van der Waals surface area (Å²) in [5.74, 6) is -0.224. The zero-order valence-electron chi connectivity index (χ0n) is 19.8. The van der Waals surface area contributed by atoms with Crippen LogP contribution in [0.5, 0.6) is 0 Å². The molecule has 2 aliphatic heterocycles. The fourth-order valence-electron chi connectivity index (χ4n) is 4.39. The quantitative estimate of drug-likeness (QED) is 0.657. The van der Waals surface area contributed by atoms with Crippen LogP contribution in [0.4, 0.5) is 5.69 Å². The van der Waals surface area contributed by atoms with E-state index in [1.807, 2.05) is 42.5 Å². The first-order valence-electron chi connectivity index (χ1n) is 11.9. The molecule has 0 radical (unpaired) electrons. The molecule has 1 N–H and O–H groups in total. The van der Waals surface area contributed by atoms with E-state index in [9.17, 15) is 13.2 Å². The molecule has 0 aliphatic carbocycles. The monoisotopic (exact) mass is 482 g/mol. The smallest absolute Gasteiger partial charge is 0.236 e. The number of piperazine rings is 1. The number of hydrogen-bond donors (Lipinski definition) is 1. The Morgan fingerprint density at radius 3 is 2.24 bits per heavy atom. The molecular weight excluding hydrogens is 448 g/mol. The molecule has 34 heavy (non-hydrogen) atoms. The maximum absolute atomic E-state index is 12.8. The van der Waals surface area contributed by atoms with Gasteiger partial charge in [-0.05, 0) is 49.2 Å². The van der Waals surface area contributed by atoms with E-state index in [0.717, 1.165) is 44.0 Å². The number of nitrogens with one attached hydrogen (secondary N) is 1. The SMILES string of the molecule is CN1CCN(Cc2ccc(NC(=O)C3CCN(S(=O)(=O)C=Cc4ccccc4)CC3)cc2)CC1. The Balaban J connectivity index is 1.24. The maximum Gasteiger partial charge on any atom is 0.236 e. The van der Waals surface area contributed by atoms with Crippen LogP contribution < -0.4 is 5.32 Å². The molecule has 0 unspecified atom stereocenters. The van der Waals surface area contributed by atoms with E-state index in [1.165, 1.54) is 15.3 Å². The Bertz CT molecular complexity index is 1070. The third-order valence-corrected chi connectivity index (χ3v) is 8.21. The molecule has 0 atom stereocenters. The zero-order valence-corrected chi connectivity index (χ0v) is 20.6. The number of amides is 1. The number of carbonyl (C=O) groups excluding carboxylic acids is 1. The fourth-order valence-corrected chi connectivity index (χ4v) is 5.61. The third kappa shape index (κ3) is 6.76. The molecule has 2 aromatic rings. The molecule has 2 aliphatic rings. The Kier molecular flexibility index (Phi) is 8.15. The molecule has 2 aromatic carbocycles. The van der Waals surface area contributed by atoms with Crippen LogP contribution in [-0.2, 0) is 21.4 Å². The summed E-state index contributed by atoms with van der Waals surface area (Å²) in [5, 5.41) is 4.26. The first-order valence-corrected chi connectivity index (χ1v) is 13.4. The van der Waals surface area contributed by atoms with E-state index in [4.69, 9.17) is 0 Å². The lowest BCUT2D eigenvalue weighted by Gasteiger charge is -2.32. The Morgan fingerprint density at radius 1 is 0.941 bits per heavy atom. The van der Waals surface area contributed by atoms with Crippen molar-refractivity contribution in [3.8, 4) is 0 Å². The lowest BCUT2D eigenvalue weighted by molar-refractivity contribution is -0.120. The summed E-state index contributed by atoms with van der Waals surface area (Å²) in [4.78, 5) is 17.6. The summed E-state index contributed by atoms with van der Waals surface area (Å²) >= 11 is 0. The first kappa shape index (κ1) is 24.6. The van der Waals surface area contributed by atoms with Crippen molar-refractivity contribution in [2.75, 3.05) is 51.6 Å². The average molecular weight is 483 g/mol. The van der Waals surface area contributed by atoms with Gasteiger partial charge in [-0.1, -0.05) is 42.5 Å². The van der Waals surface area contributed by atoms with E-state index >= 15 is 0 Å². The molecule has 0 saturated carbocycles. The van der Waals surface area contributed by atoms with E-state index in [1.54, 1.807) is 6.08 Å². The van der Waals surface area contributed by atoms with Crippen LogP contribution in [0.15, 0.2) is 60.0 Å². The number of anilines is 1. The van der Waals surface area contributed by atoms with Crippen LogP contribution in [0.3, 0.4) is 0 Å². The van der Waals surface area contributed by atoms with Crippen LogP contribution in [0.2, 0.25) is 0 Å². The van der Waals surface area contributed by atoms with Gasteiger partial charge < -0.3 is 10.2 Å². The van der Waals surface area contributed by atoms with Gasteiger partial charge in [-0.3, -0.25) is 9.69 Å². The number of piperidine rings is 1. The van der Waals surface area contributed by atoms with Crippen molar-refractivity contribution in [1.29, 1.82) is 0 Å². The largest absolute Gasteiger partial charge is 0.326 e. The van der Waals surface area contributed by atoms with Crippen LogP contribution >= 0.6 is 0 Å². The number of hydrogen-bond acceptors (Lipinski definition) is 5. The van der Waals surface area contributed by atoms with E-state index in [0.29, 0.717) is 25.9 Å². The van der Waals surface area contributed by atoms with Crippen molar-refractivity contribution >= 4 is 27.7 Å². The fraction of sp³-hybridized carbons (Fsp3) is 0.423. The Hall–Kier alpha value is -2.52. The van der Waals surface area contributed by atoms with Gasteiger partial charge in [0.25, 0.3) is 0 Å². The number of carbonyl (C=O) groups is 1. The zero-order chi connectivity index (χ0) is 24.0. The van der Waals surface area contributed by atoms with E-state index < -0.39 is 10.0 Å². The van der Waals surface area contributed by atoms with E-state index in [2.05, 4.69) is 34.3 Å². The lowest BCUT2D eigenvalue weighted by Crippen LogP contribution is -2.43. The van der Waals surface area contributed by atoms with Crippen molar-refractivity contribution in [3.63, 3.8) is 0 Å². The highest BCUT2D eigenvalue weighted by molar-refractivity contribution is 7.92. The van der Waals surface area contributed by atoms with Crippen molar-refractivity contribution in [1.82, 2.24) is 14.1 Å². The molecule has 2 heterocycles. The predicted molar refractivity (Wildman–Crippen MR) is 137 cm³/mol. The molecule has 4 rings (SSSR count). The summed E-state index contributed by atoms with van der Waals surface area (Å²) in [6.07, 6.45) is 2.65. The number of rotatable bonds is 7. The highest BCUT2D eigenvalue weighted by Crippen LogP contribution is 2.23. The second-order valence-electron chi connectivity index (χ2n) is 9.20. The van der Waals surface area contributed by atoms with Gasteiger partial charge in [0.05, 0.1) is 0 Å². The van der Waals surface area contributed by atoms with Gasteiger partial charge in [-0.2, -0.15) is 4.31 Å². The molecule has 8 heteroatoms. The minimum Gasteiger partial charge on any atom is -0.326 e. The van der Waals surface area contributed by atoms with Crippen LogP contribution in [0, 0.1) is 5.92 Å². The minimum atomic E-state index is -3.50. The summed E-state index contributed by atoms with van der Waals surface area (Å²) in [6, 6.07) is 17.4. The molecule has 0 aromatic heterocycles. The topological polar surface area (TPSA) is 73.0 Å². The number of benzene rings is 2. The summed E-state index contributed by atoms with van der Waals surface area (Å²) in [7, 11) is -1.34. The van der Waals surface area contributed by atoms with Gasteiger partial charge in [0, 0.05) is 62.8 Å². The molecule has 0 bridgehead atoms. The normalized spacial score (nSPS) is 19.4. The summed E-state index contributed by atoms with van der Waals surface area (Å²) in [5.41, 5.74) is 2.87. The third-order valence-electron chi connectivity index (χ3n) is 6.64. The molecule has 2 fully saturated rings. The first-order chi connectivity index (χ1) is 16.4. The average Bonchev–Trinajstić information content (AvgIpc) is 2.86. The standard InChI is InChI=1S/C26H34N4O3S/c1-28-16-18-29(19-17-28)21-23-7-9-25(10-8-23)27-26(31)24-11-14-30(15-12-24)34(32,33)20-13-22-5-3-2-4-6-22/h2-10,13,20,24H,11-12,14-19,21H2,1H3,(H,27,31). The van der Waals surface area contributed by atoms with Crippen molar-refractivity contribution < 1.29 is 13.2 Å². The lowest BCUT2D eigenvalue weighted by atomic mass is 9.97. The molecule has 1 amide bonds. The molecule has 7 nitrogen and oxygen atoms in total. The van der Waals surface area contributed by atoms with Crippen molar-refractivity contribution in [2.45, 2.75) is 19.4 Å². The number of nitrogens with zero attached hydrogens (tertiary/aromatic N) is 3. The Labute approximate surface area is 203 Å². The number of likely N-dealkylation sites (N-methyl/N-ethyl adjacent to an activating group) is 1. The van der Waals surface area contributed by atoms with E-state index in [-0.39, 0.29) is 11.8 Å². The van der Waals surface area contributed by atoms with Gasteiger partial charge in [0.1, 0.15) is 0 Å². The highest BCUT2D eigenvalue weighted by atomic mass is 32.2. The maximum atomic E-state index is 12.8. The summed E-state index contributed by atoms with van der Waals surface area (Å²) < 4.78 is 26.8. The molecule has 2 saturated heterocycles. The second-order valence-corrected chi connectivity index (χ2v) is 11.0. The van der Waals surface area contributed by atoms with Gasteiger partial charge in [-0.25, -0.2) is 8.42 Å². The Morgan fingerprint density at radius 2 is 1.59 bits per heavy atom. The van der Waals surface area contributed by atoms with Gasteiger partial charge in [-0.15, -0.1) is 0 Å². The highest BCUT2D eigenvalue weighted by Gasteiger charge is 2.30. The number of sulfonamides is 1. The van der Waals surface area contributed by atoms with Crippen molar-refractivity contribution in [3.05, 3.63) is 71.1 Å². The van der Waals surface area contributed by atoms with Crippen LogP contribution in [-0.4, -0.2) is 74.7 Å². The second kappa shape index (κ2) is 11.3. The van der Waals surface area contributed by atoms with Crippen molar-refractivity contribution in [2.24, 2.45) is 5.92 Å².